The van der Waals surface area contributed by atoms with E-state index in [1.807, 2.05) is 38.3 Å². The fourth-order valence-electron chi connectivity index (χ4n) is 4.77. The van der Waals surface area contributed by atoms with Gasteiger partial charge in [-0.15, -0.1) is 29.8 Å². The van der Waals surface area contributed by atoms with Crippen LogP contribution in [0.4, 0.5) is 5.69 Å². The number of para-hydroxylation sites is 1. The third-order valence-corrected chi connectivity index (χ3v) is 6.60. The Labute approximate surface area is 247 Å². The maximum absolute atomic E-state index is 5.99. The van der Waals surface area contributed by atoms with Gasteiger partial charge in [0.15, 0.2) is 12.1 Å². The summed E-state index contributed by atoms with van der Waals surface area (Å²) in [6.45, 7) is 13.8. The van der Waals surface area contributed by atoms with Gasteiger partial charge in [-0.05, 0) is 43.0 Å². The van der Waals surface area contributed by atoms with Gasteiger partial charge in [0.2, 0.25) is 0 Å². The Balaban J connectivity index is 0.00000205. The number of benzene rings is 2. The van der Waals surface area contributed by atoms with Crippen molar-refractivity contribution in [1.29, 1.82) is 0 Å². The van der Waals surface area contributed by atoms with Gasteiger partial charge in [-0.3, -0.25) is 0 Å². The number of halogens is 1. The molecule has 0 aliphatic carbocycles. The molecular formula is C30H40ClNO6Pd. The minimum absolute atomic E-state index is 0.214. The first-order chi connectivity index (χ1) is 18.7. The van der Waals surface area contributed by atoms with Gasteiger partial charge in [-0.2, -0.15) is 0 Å². The van der Waals surface area contributed by atoms with Crippen LogP contribution in [-0.2, 0) is 41.9 Å². The Bertz CT molecular complexity index is 1040. The predicted octanol–water partition coefficient (Wildman–Crippen LogP) is 6.46. The van der Waals surface area contributed by atoms with Gasteiger partial charge >= 0.3 is 27.7 Å². The van der Waals surface area contributed by atoms with Crippen LogP contribution in [0.3, 0.4) is 0 Å². The van der Waals surface area contributed by atoms with Crippen molar-refractivity contribution in [3.05, 3.63) is 59.2 Å². The van der Waals surface area contributed by atoms with Crippen LogP contribution in [-0.4, -0.2) is 63.5 Å². The van der Waals surface area contributed by atoms with E-state index in [0.29, 0.717) is 31.7 Å². The van der Waals surface area contributed by atoms with Gasteiger partial charge in [0, 0.05) is 12.9 Å². The molecule has 0 radical (unpaired) electrons. The summed E-state index contributed by atoms with van der Waals surface area (Å²) < 4.78 is 34.8. The number of fused-ring (bicyclic) bond motifs is 1. The predicted molar refractivity (Wildman–Crippen MR) is 149 cm³/mol. The molecule has 0 bridgehead atoms. The van der Waals surface area contributed by atoms with Crippen LogP contribution in [0.2, 0.25) is 0 Å². The van der Waals surface area contributed by atoms with Crippen LogP contribution in [0, 0.1) is 6.07 Å². The third-order valence-electron chi connectivity index (χ3n) is 6.60. The monoisotopic (exact) mass is 651 g/mol. The molecule has 2 saturated heterocycles. The number of rotatable bonds is 11. The van der Waals surface area contributed by atoms with Crippen molar-refractivity contribution in [3.63, 3.8) is 0 Å². The summed E-state index contributed by atoms with van der Waals surface area (Å²) >= 11 is 2.22. The second-order valence-corrected chi connectivity index (χ2v) is 10.6. The van der Waals surface area contributed by atoms with E-state index in [1.165, 1.54) is 11.1 Å². The summed E-state index contributed by atoms with van der Waals surface area (Å²) in [5, 5.41) is 0. The zero-order valence-electron chi connectivity index (χ0n) is 23.7. The molecule has 7 nitrogen and oxygen atoms in total. The SMILES string of the molecule is CO[C@H]1O[C@@H](COCCOc2c[c-]c(C=Nc3c(C(C)C)cccc3C(C)C)cc2)C2OC(C)(C)O[C@H]21.[Cl][Pd+]. The molecule has 2 fully saturated rings. The summed E-state index contributed by atoms with van der Waals surface area (Å²) in [6.07, 6.45) is 0.704. The molecule has 2 aromatic carbocycles. The second-order valence-electron chi connectivity index (χ2n) is 10.6. The number of aliphatic imine (C=N–C) groups is 1. The molecule has 0 amide bonds. The van der Waals surface area contributed by atoms with Crippen LogP contribution in [0.15, 0.2) is 41.4 Å². The molecule has 2 aromatic rings. The molecule has 4 rings (SSSR count). The molecule has 4 atom stereocenters. The first-order valence-corrected chi connectivity index (χ1v) is 15.2. The van der Waals surface area contributed by atoms with Crippen molar-refractivity contribution in [3.8, 4) is 5.75 Å². The molecule has 39 heavy (non-hydrogen) atoms. The molecule has 0 saturated carbocycles. The second kappa shape index (κ2) is 15.0. The van der Waals surface area contributed by atoms with Crippen molar-refractivity contribution < 1.29 is 46.6 Å². The Morgan fingerprint density at radius 2 is 1.69 bits per heavy atom. The summed E-state index contributed by atoms with van der Waals surface area (Å²) in [6, 6.07) is 15.4. The number of methoxy groups -OCH3 is 1. The fourth-order valence-corrected chi connectivity index (χ4v) is 4.77. The number of hydrogen-bond acceptors (Lipinski definition) is 7. The maximum atomic E-state index is 5.99. The van der Waals surface area contributed by atoms with Gasteiger partial charge in [0.25, 0.3) is 0 Å². The van der Waals surface area contributed by atoms with Crippen LogP contribution < -0.4 is 4.74 Å². The fraction of sp³-hybridized carbons (Fsp3) is 0.567. The Kier molecular flexibility index (Phi) is 12.4. The zero-order chi connectivity index (χ0) is 28.6. The number of nitrogens with zero attached hydrogens (tertiary/aromatic N) is 1. The van der Waals surface area contributed by atoms with E-state index in [4.69, 9.17) is 33.4 Å². The van der Waals surface area contributed by atoms with E-state index in [-0.39, 0.29) is 18.3 Å². The molecule has 0 N–H and O–H groups in total. The summed E-state index contributed by atoms with van der Waals surface area (Å²) in [4.78, 5) is 4.86. The zero-order valence-corrected chi connectivity index (χ0v) is 26.0. The normalized spacial score (nSPS) is 23.8. The molecule has 1 unspecified atom stereocenters. The van der Waals surface area contributed by atoms with Crippen molar-refractivity contribution in [2.24, 2.45) is 4.99 Å². The van der Waals surface area contributed by atoms with Crippen molar-refractivity contribution in [1.82, 2.24) is 0 Å². The van der Waals surface area contributed by atoms with Gasteiger partial charge in [0.05, 0.1) is 25.5 Å². The van der Waals surface area contributed by atoms with Crippen molar-refractivity contribution in [2.45, 2.75) is 83.8 Å². The van der Waals surface area contributed by atoms with Gasteiger partial charge in [-0.1, -0.05) is 45.9 Å². The molecule has 2 aliphatic heterocycles. The molecular weight excluding hydrogens is 612 g/mol. The molecule has 9 heteroatoms. The Hall–Kier alpha value is -1.34. The van der Waals surface area contributed by atoms with Crippen LogP contribution in [0.1, 0.15) is 70.1 Å². The number of ether oxygens (including phenoxy) is 6. The van der Waals surface area contributed by atoms with Crippen molar-refractivity contribution >= 4 is 21.4 Å². The van der Waals surface area contributed by atoms with E-state index < -0.39 is 12.1 Å². The van der Waals surface area contributed by atoms with E-state index >= 15 is 0 Å². The van der Waals surface area contributed by atoms with E-state index in [1.54, 1.807) is 7.11 Å². The summed E-state index contributed by atoms with van der Waals surface area (Å²) in [7, 11) is 6.10. The Morgan fingerprint density at radius 3 is 2.28 bits per heavy atom. The molecule has 0 aromatic heterocycles. The summed E-state index contributed by atoms with van der Waals surface area (Å²) in [5.41, 5.74) is 4.48. The molecule has 2 aliphatic rings. The first-order valence-electron chi connectivity index (χ1n) is 13.2. The number of hydrogen-bond donors (Lipinski definition) is 0. The van der Waals surface area contributed by atoms with Crippen LogP contribution in [0.5, 0.6) is 5.75 Å². The standard InChI is InChI=1S/C30H40NO6.ClH.Pd/c1-19(2)23-9-8-10-24(20(3)4)26(23)31-17-21-11-13-22(14-12-21)34-16-15-33-18-25-27-28(29(32-7)35-25)37-30(5,6)36-27;;/h8-11,13-14,17,19-20,25,27-29H,15-16,18H2,1-7H3;1H;/q-1;;+2/p-1/t25-,27?,28+,29-;;/m0../s1. The molecule has 218 valence electrons. The summed E-state index contributed by atoms with van der Waals surface area (Å²) in [5.74, 6) is 0.889. The van der Waals surface area contributed by atoms with E-state index in [2.05, 4.69) is 79.7 Å². The average molecular weight is 653 g/mol. The minimum atomic E-state index is -0.654. The van der Waals surface area contributed by atoms with Gasteiger partial charge in [-0.25, -0.2) is 0 Å². The van der Waals surface area contributed by atoms with E-state index in [0.717, 1.165) is 17.0 Å². The quantitative estimate of drug-likeness (QED) is 0.120. The molecule has 2 heterocycles. The van der Waals surface area contributed by atoms with Crippen LogP contribution >= 0.6 is 9.53 Å². The topological polar surface area (TPSA) is 67.7 Å². The van der Waals surface area contributed by atoms with Crippen LogP contribution in [0.25, 0.3) is 0 Å². The van der Waals surface area contributed by atoms with Crippen molar-refractivity contribution in [2.75, 3.05) is 26.9 Å². The molecule has 0 spiro atoms. The third kappa shape index (κ3) is 8.58. The first kappa shape index (κ1) is 32.2. The average Bonchev–Trinajstić information content (AvgIpc) is 3.41. The van der Waals surface area contributed by atoms with E-state index in [9.17, 15) is 0 Å². The van der Waals surface area contributed by atoms with Gasteiger partial charge in [0.1, 0.15) is 18.3 Å². The van der Waals surface area contributed by atoms with Gasteiger partial charge < -0.3 is 33.4 Å². The Morgan fingerprint density at radius 1 is 1.03 bits per heavy atom.